The van der Waals surface area contributed by atoms with Gasteiger partial charge in [-0.3, -0.25) is 14.7 Å². The van der Waals surface area contributed by atoms with Gasteiger partial charge in [0.1, 0.15) is 0 Å². The highest BCUT2D eigenvalue weighted by molar-refractivity contribution is 9.10. The Kier molecular flexibility index (Phi) is 3.26. The molecule has 0 amide bonds. The topological polar surface area (TPSA) is 80.9 Å². The summed E-state index contributed by atoms with van der Waals surface area (Å²) in [6.07, 6.45) is 0. The molecule has 0 aliphatic heterocycles. The van der Waals surface area contributed by atoms with Crippen LogP contribution >= 0.6 is 15.9 Å². The number of nitrogens with two attached hydrogens (primary N) is 1. The Hall–Kier alpha value is -1.66. The molecular weight excluding hydrogens is 286 g/mol. The van der Waals surface area contributed by atoms with Crippen LogP contribution in [0.5, 0.6) is 0 Å². The second-order valence-corrected chi connectivity index (χ2v) is 4.30. The first-order chi connectivity index (χ1) is 8.13. The SMILES string of the molecule is NCc1cc(=O)n(C(=O)c2ccccc2Br)[nH]1. The highest BCUT2D eigenvalue weighted by Gasteiger charge is 2.14. The van der Waals surface area contributed by atoms with E-state index in [0.29, 0.717) is 15.7 Å². The molecule has 2 rings (SSSR count). The molecule has 17 heavy (non-hydrogen) atoms. The molecule has 88 valence electrons. The summed E-state index contributed by atoms with van der Waals surface area (Å²) in [6.45, 7) is 0.186. The van der Waals surface area contributed by atoms with Gasteiger partial charge in [0, 0.05) is 17.1 Å². The Labute approximate surface area is 105 Å². The van der Waals surface area contributed by atoms with Crippen molar-refractivity contribution in [2.75, 3.05) is 0 Å². The summed E-state index contributed by atoms with van der Waals surface area (Å²) in [5, 5.41) is 2.67. The Balaban J connectivity index is 2.48. The molecule has 0 spiro atoms. The quantitative estimate of drug-likeness (QED) is 0.870. The normalized spacial score (nSPS) is 10.5. The van der Waals surface area contributed by atoms with Crippen LogP contribution in [0.15, 0.2) is 39.6 Å². The minimum Gasteiger partial charge on any atom is -0.325 e. The zero-order valence-corrected chi connectivity index (χ0v) is 10.4. The van der Waals surface area contributed by atoms with E-state index in [1.807, 2.05) is 0 Å². The molecule has 2 aromatic rings. The fraction of sp³-hybridized carbons (Fsp3) is 0.0909. The molecule has 0 saturated carbocycles. The summed E-state index contributed by atoms with van der Waals surface area (Å²) in [5.74, 6) is -0.415. The minimum absolute atomic E-state index is 0.186. The highest BCUT2D eigenvalue weighted by atomic mass is 79.9. The Morgan fingerprint density at radius 3 is 2.71 bits per heavy atom. The summed E-state index contributed by atoms with van der Waals surface area (Å²) >= 11 is 3.27. The van der Waals surface area contributed by atoms with E-state index >= 15 is 0 Å². The van der Waals surface area contributed by atoms with Gasteiger partial charge >= 0.3 is 0 Å². The predicted octanol–water partition coefficient (Wildman–Crippen LogP) is 1.09. The number of carbonyl (C=O) groups excluding carboxylic acids is 1. The number of hydrogen-bond acceptors (Lipinski definition) is 3. The summed E-state index contributed by atoms with van der Waals surface area (Å²) in [5.41, 5.74) is 5.93. The molecule has 6 heteroatoms. The Morgan fingerprint density at radius 1 is 1.41 bits per heavy atom. The molecule has 0 bridgehead atoms. The lowest BCUT2D eigenvalue weighted by atomic mass is 10.2. The van der Waals surface area contributed by atoms with E-state index < -0.39 is 11.5 Å². The van der Waals surface area contributed by atoms with Crippen molar-refractivity contribution < 1.29 is 4.79 Å². The first kappa shape index (κ1) is 11.8. The number of benzene rings is 1. The van der Waals surface area contributed by atoms with Gasteiger partial charge < -0.3 is 5.73 Å². The van der Waals surface area contributed by atoms with Gasteiger partial charge in [-0.25, -0.2) is 0 Å². The van der Waals surface area contributed by atoms with E-state index in [0.717, 1.165) is 4.68 Å². The fourth-order valence-electron chi connectivity index (χ4n) is 1.46. The number of halogens is 1. The number of rotatable bonds is 2. The van der Waals surface area contributed by atoms with Crippen molar-refractivity contribution >= 4 is 21.8 Å². The number of carbonyl (C=O) groups is 1. The largest absolute Gasteiger partial charge is 0.325 e. The van der Waals surface area contributed by atoms with Crippen molar-refractivity contribution in [1.29, 1.82) is 0 Å². The van der Waals surface area contributed by atoms with Gasteiger partial charge in [0.25, 0.3) is 11.5 Å². The van der Waals surface area contributed by atoms with Crippen LogP contribution in [0.4, 0.5) is 0 Å². The first-order valence-corrected chi connectivity index (χ1v) is 5.73. The highest BCUT2D eigenvalue weighted by Crippen LogP contribution is 2.16. The first-order valence-electron chi connectivity index (χ1n) is 4.93. The lowest BCUT2D eigenvalue weighted by Gasteiger charge is -2.03. The van der Waals surface area contributed by atoms with Gasteiger partial charge in [0.2, 0.25) is 0 Å². The van der Waals surface area contributed by atoms with Crippen molar-refractivity contribution in [3.8, 4) is 0 Å². The molecule has 0 aliphatic rings. The van der Waals surface area contributed by atoms with E-state index in [1.165, 1.54) is 6.07 Å². The van der Waals surface area contributed by atoms with Crippen LogP contribution < -0.4 is 11.3 Å². The predicted molar refractivity (Wildman–Crippen MR) is 66.8 cm³/mol. The standard InChI is InChI=1S/C11H10BrN3O2/c12-9-4-2-1-3-8(9)11(17)15-10(16)5-7(6-13)14-15/h1-5,14H,6,13H2. The van der Waals surface area contributed by atoms with Gasteiger partial charge in [-0.1, -0.05) is 12.1 Å². The molecule has 0 aliphatic carbocycles. The van der Waals surface area contributed by atoms with Gasteiger partial charge in [-0.05, 0) is 28.1 Å². The summed E-state index contributed by atoms with van der Waals surface area (Å²) < 4.78 is 1.59. The number of aromatic nitrogens is 2. The van der Waals surface area contributed by atoms with Crippen molar-refractivity contribution in [3.63, 3.8) is 0 Å². The van der Waals surface area contributed by atoms with Crippen LogP contribution in [0.2, 0.25) is 0 Å². The van der Waals surface area contributed by atoms with Crippen LogP contribution in [0, 0.1) is 0 Å². The zero-order chi connectivity index (χ0) is 12.4. The van der Waals surface area contributed by atoms with Crippen molar-refractivity contribution in [2.24, 2.45) is 5.73 Å². The molecule has 0 radical (unpaired) electrons. The zero-order valence-electron chi connectivity index (χ0n) is 8.81. The number of H-pyrrole nitrogens is 1. The second-order valence-electron chi connectivity index (χ2n) is 3.44. The maximum Gasteiger partial charge on any atom is 0.280 e. The van der Waals surface area contributed by atoms with Crippen molar-refractivity contribution in [1.82, 2.24) is 9.78 Å². The van der Waals surface area contributed by atoms with Gasteiger partial charge in [0.05, 0.1) is 11.3 Å². The van der Waals surface area contributed by atoms with E-state index in [-0.39, 0.29) is 6.54 Å². The van der Waals surface area contributed by atoms with Crippen LogP contribution in [-0.4, -0.2) is 15.7 Å². The minimum atomic E-state index is -0.415. The smallest absolute Gasteiger partial charge is 0.280 e. The second kappa shape index (κ2) is 4.68. The molecule has 1 aromatic heterocycles. The third-order valence-corrected chi connectivity index (χ3v) is 2.99. The number of aromatic amines is 1. The van der Waals surface area contributed by atoms with E-state index in [9.17, 15) is 9.59 Å². The van der Waals surface area contributed by atoms with Gasteiger partial charge in [-0.2, -0.15) is 4.68 Å². The van der Waals surface area contributed by atoms with E-state index in [1.54, 1.807) is 24.3 Å². The monoisotopic (exact) mass is 295 g/mol. The van der Waals surface area contributed by atoms with Gasteiger partial charge in [0.15, 0.2) is 0 Å². The van der Waals surface area contributed by atoms with Crippen molar-refractivity contribution in [3.05, 3.63) is 56.4 Å². The Bertz CT molecular complexity index is 615. The average molecular weight is 296 g/mol. The maximum absolute atomic E-state index is 12.1. The molecule has 0 fully saturated rings. The molecule has 0 unspecified atom stereocenters. The van der Waals surface area contributed by atoms with Crippen molar-refractivity contribution in [2.45, 2.75) is 6.54 Å². The lowest BCUT2D eigenvalue weighted by molar-refractivity contribution is 0.0940. The van der Waals surface area contributed by atoms with Crippen LogP contribution in [0.1, 0.15) is 16.1 Å². The summed E-state index contributed by atoms with van der Waals surface area (Å²) in [6, 6.07) is 8.22. The third kappa shape index (κ3) is 2.22. The van der Waals surface area contributed by atoms with Crippen LogP contribution in [0.25, 0.3) is 0 Å². The average Bonchev–Trinajstić information content (AvgIpc) is 2.70. The maximum atomic E-state index is 12.1. The summed E-state index contributed by atoms with van der Waals surface area (Å²) in [7, 11) is 0. The molecule has 1 aromatic carbocycles. The van der Waals surface area contributed by atoms with Gasteiger partial charge in [-0.15, -0.1) is 0 Å². The number of hydrogen-bond donors (Lipinski definition) is 2. The Morgan fingerprint density at radius 2 is 2.12 bits per heavy atom. The molecule has 0 atom stereocenters. The third-order valence-electron chi connectivity index (χ3n) is 2.30. The molecule has 3 N–H and O–H groups in total. The molecular formula is C11H10BrN3O2. The van der Waals surface area contributed by atoms with E-state index in [2.05, 4.69) is 21.0 Å². The number of nitrogens with one attached hydrogen (secondary N) is 1. The molecule has 0 saturated heterocycles. The van der Waals surface area contributed by atoms with Crippen LogP contribution in [-0.2, 0) is 6.54 Å². The molecule has 1 heterocycles. The van der Waals surface area contributed by atoms with E-state index in [4.69, 9.17) is 5.73 Å². The molecule has 5 nitrogen and oxygen atoms in total. The van der Waals surface area contributed by atoms with Crippen LogP contribution in [0.3, 0.4) is 0 Å². The summed E-state index contributed by atoms with van der Waals surface area (Å²) in [4.78, 5) is 23.6. The fourth-order valence-corrected chi connectivity index (χ4v) is 1.91. The number of nitrogens with zero attached hydrogens (tertiary/aromatic N) is 1. The lowest BCUT2D eigenvalue weighted by Crippen LogP contribution is -2.25.